The summed E-state index contributed by atoms with van der Waals surface area (Å²) in [6.45, 7) is 5.34. The van der Waals surface area contributed by atoms with Gasteiger partial charge in [0, 0.05) is 11.4 Å². The Morgan fingerprint density at radius 3 is 2.06 bits per heavy atom. The molecule has 0 aliphatic heterocycles. The second-order valence-electron chi connectivity index (χ2n) is 4.05. The van der Waals surface area contributed by atoms with Gasteiger partial charge in [0.25, 0.3) is 0 Å². The fourth-order valence-corrected chi connectivity index (χ4v) is 1.46. The van der Waals surface area contributed by atoms with Crippen LogP contribution in [0.5, 0.6) is 0 Å². The zero-order chi connectivity index (χ0) is 12.2. The van der Waals surface area contributed by atoms with E-state index in [1.54, 1.807) is 0 Å². The van der Waals surface area contributed by atoms with E-state index >= 15 is 0 Å². The lowest BCUT2D eigenvalue weighted by molar-refractivity contribution is 0.132. The molecule has 5 heteroatoms. The summed E-state index contributed by atoms with van der Waals surface area (Å²) in [5.74, 6) is 0.447. The zero-order valence-corrected chi connectivity index (χ0v) is 9.99. The first-order chi connectivity index (χ1) is 7.55. The van der Waals surface area contributed by atoms with Crippen LogP contribution in [0, 0.1) is 13.8 Å². The lowest BCUT2D eigenvalue weighted by Crippen LogP contribution is -2.45. The molecule has 0 radical (unpaired) electrons. The Bertz CT molecular complexity index is 323. The average molecular weight is 225 g/mol. The maximum atomic E-state index is 9.30. The Morgan fingerprint density at radius 2 is 1.69 bits per heavy atom. The molecule has 0 aliphatic rings. The normalized spacial score (nSPS) is 11.6. The van der Waals surface area contributed by atoms with Crippen molar-refractivity contribution < 1.29 is 10.2 Å². The highest BCUT2D eigenvalue weighted by molar-refractivity contribution is 5.32. The highest BCUT2D eigenvalue weighted by Crippen LogP contribution is 2.15. The first-order valence-corrected chi connectivity index (χ1v) is 5.37. The molecule has 0 bridgehead atoms. The molecule has 0 saturated carbocycles. The second kappa shape index (κ2) is 5.23. The van der Waals surface area contributed by atoms with Gasteiger partial charge < -0.3 is 15.5 Å². The van der Waals surface area contributed by atoms with Gasteiger partial charge in [0.1, 0.15) is 0 Å². The molecular weight excluding hydrogens is 206 g/mol. The van der Waals surface area contributed by atoms with Crippen LogP contribution in [-0.2, 0) is 0 Å². The van der Waals surface area contributed by atoms with E-state index in [-0.39, 0.29) is 13.2 Å². The summed E-state index contributed by atoms with van der Waals surface area (Å²) in [5, 5.41) is 21.6. The standard InChI is InChI=1S/C11H19N3O2/c1-4-11(6-15,7-16)14-10-12-8(2)5-9(3)13-10/h5,15-16H,4,6-7H2,1-3H3,(H,12,13,14). The third-order valence-corrected chi connectivity index (χ3v) is 2.64. The Labute approximate surface area is 95.6 Å². The van der Waals surface area contributed by atoms with Gasteiger partial charge >= 0.3 is 0 Å². The fourth-order valence-electron chi connectivity index (χ4n) is 1.46. The number of rotatable bonds is 5. The van der Waals surface area contributed by atoms with Gasteiger partial charge in [0.15, 0.2) is 0 Å². The fraction of sp³-hybridized carbons (Fsp3) is 0.636. The van der Waals surface area contributed by atoms with Crippen molar-refractivity contribution in [1.82, 2.24) is 9.97 Å². The number of aromatic nitrogens is 2. The number of nitrogens with one attached hydrogen (secondary N) is 1. The van der Waals surface area contributed by atoms with Gasteiger partial charge in [-0.25, -0.2) is 9.97 Å². The number of hydrogen-bond acceptors (Lipinski definition) is 5. The van der Waals surface area contributed by atoms with Gasteiger partial charge in [0.05, 0.1) is 18.8 Å². The van der Waals surface area contributed by atoms with Crippen molar-refractivity contribution in [1.29, 1.82) is 0 Å². The lowest BCUT2D eigenvalue weighted by atomic mass is 9.99. The van der Waals surface area contributed by atoms with Crippen LogP contribution in [0.15, 0.2) is 6.07 Å². The first kappa shape index (κ1) is 12.9. The van der Waals surface area contributed by atoms with Crippen molar-refractivity contribution in [2.75, 3.05) is 18.5 Å². The highest BCUT2D eigenvalue weighted by atomic mass is 16.3. The number of aliphatic hydroxyl groups excluding tert-OH is 2. The van der Waals surface area contributed by atoms with E-state index in [1.807, 2.05) is 26.8 Å². The van der Waals surface area contributed by atoms with Gasteiger partial charge in [-0.3, -0.25) is 0 Å². The predicted molar refractivity (Wildman–Crippen MR) is 62.3 cm³/mol. The van der Waals surface area contributed by atoms with Gasteiger partial charge in [-0.15, -0.1) is 0 Å². The molecular formula is C11H19N3O2. The van der Waals surface area contributed by atoms with E-state index < -0.39 is 5.54 Å². The van der Waals surface area contributed by atoms with Crippen molar-refractivity contribution in [3.8, 4) is 0 Å². The molecule has 0 aromatic carbocycles. The highest BCUT2D eigenvalue weighted by Gasteiger charge is 2.27. The molecule has 5 nitrogen and oxygen atoms in total. The van der Waals surface area contributed by atoms with E-state index in [4.69, 9.17) is 0 Å². The molecule has 0 unspecified atom stereocenters. The Balaban J connectivity index is 2.93. The molecule has 0 atom stereocenters. The molecule has 0 fully saturated rings. The molecule has 16 heavy (non-hydrogen) atoms. The summed E-state index contributed by atoms with van der Waals surface area (Å²) in [7, 11) is 0. The Hall–Kier alpha value is -1.20. The summed E-state index contributed by atoms with van der Waals surface area (Å²) in [4.78, 5) is 8.44. The van der Waals surface area contributed by atoms with Crippen molar-refractivity contribution in [3.05, 3.63) is 17.5 Å². The number of anilines is 1. The molecule has 1 rings (SSSR count). The third kappa shape index (κ3) is 2.90. The number of aliphatic hydroxyl groups is 2. The van der Waals surface area contributed by atoms with E-state index in [9.17, 15) is 10.2 Å². The van der Waals surface area contributed by atoms with Crippen LogP contribution in [0.4, 0.5) is 5.95 Å². The van der Waals surface area contributed by atoms with Gasteiger partial charge in [-0.1, -0.05) is 6.92 Å². The summed E-state index contributed by atoms with van der Waals surface area (Å²) < 4.78 is 0. The van der Waals surface area contributed by atoms with Crippen molar-refractivity contribution >= 4 is 5.95 Å². The van der Waals surface area contributed by atoms with Crippen molar-refractivity contribution in [2.45, 2.75) is 32.7 Å². The summed E-state index contributed by atoms with van der Waals surface area (Å²) >= 11 is 0. The van der Waals surface area contributed by atoms with Gasteiger partial charge in [-0.05, 0) is 26.3 Å². The van der Waals surface area contributed by atoms with E-state index in [0.29, 0.717) is 12.4 Å². The number of nitrogens with zero attached hydrogens (tertiary/aromatic N) is 2. The van der Waals surface area contributed by atoms with Crippen LogP contribution in [0.1, 0.15) is 24.7 Å². The first-order valence-electron chi connectivity index (χ1n) is 5.37. The van der Waals surface area contributed by atoms with Crippen LogP contribution >= 0.6 is 0 Å². The SMILES string of the molecule is CCC(CO)(CO)Nc1nc(C)cc(C)n1. The Morgan fingerprint density at radius 1 is 1.19 bits per heavy atom. The molecule has 1 aromatic heterocycles. The minimum absolute atomic E-state index is 0.156. The molecule has 0 amide bonds. The summed E-state index contributed by atoms with van der Waals surface area (Å²) in [6, 6.07) is 1.87. The maximum Gasteiger partial charge on any atom is 0.223 e. The minimum Gasteiger partial charge on any atom is -0.394 e. The maximum absolute atomic E-state index is 9.30. The molecule has 0 aliphatic carbocycles. The monoisotopic (exact) mass is 225 g/mol. The molecule has 1 aromatic rings. The van der Waals surface area contributed by atoms with Gasteiger partial charge in [-0.2, -0.15) is 0 Å². The average Bonchev–Trinajstić information content (AvgIpc) is 2.25. The Kier molecular flexibility index (Phi) is 4.20. The number of aryl methyl sites for hydroxylation is 2. The van der Waals surface area contributed by atoms with Crippen LogP contribution in [-0.4, -0.2) is 38.9 Å². The third-order valence-electron chi connectivity index (χ3n) is 2.64. The van der Waals surface area contributed by atoms with Gasteiger partial charge in [0.2, 0.25) is 5.95 Å². The van der Waals surface area contributed by atoms with Crippen LogP contribution in [0.25, 0.3) is 0 Å². The molecule has 0 saturated heterocycles. The second-order valence-corrected chi connectivity index (χ2v) is 4.05. The van der Waals surface area contributed by atoms with E-state index in [1.165, 1.54) is 0 Å². The van der Waals surface area contributed by atoms with Crippen molar-refractivity contribution in [3.63, 3.8) is 0 Å². The minimum atomic E-state index is -0.750. The summed E-state index contributed by atoms with van der Waals surface area (Å²) in [5.41, 5.74) is 0.965. The zero-order valence-electron chi connectivity index (χ0n) is 9.99. The van der Waals surface area contributed by atoms with Crippen molar-refractivity contribution in [2.24, 2.45) is 0 Å². The lowest BCUT2D eigenvalue weighted by Gasteiger charge is -2.29. The topological polar surface area (TPSA) is 78.3 Å². The largest absolute Gasteiger partial charge is 0.394 e. The molecule has 0 spiro atoms. The quantitative estimate of drug-likeness (QED) is 0.685. The van der Waals surface area contributed by atoms with Crippen LogP contribution < -0.4 is 5.32 Å². The van der Waals surface area contributed by atoms with E-state index in [0.717, 1.165) is 11.4 Å². The molecule has 90 valence electrons. The van der Waals surface area contributed by atoms with Crippen LogP contribution in [0.2, 0.25) is 0 Å². The number of hydrogen-bond donors (Lipinski definition) is 3. The summed E-state index contributed by atoms with van der Waals surface area (Å²) in [6.07, 6.45) is 0.594. The predicted octanol–water partition coefficient (Wildman–Crippen LogP) is 0.639. The molecule has 3 N–H and O–H groups in total. The smallest absolute Gasteiger partial charge is 0.223 e. The van der Waals surface area contributed by atoms with Crippen LogP contribution in [0.3, 0.4) is 0 Å². The van der Waals surface area contributed by atoms with E-state index in [2.05, 4.69) is 15.3 Å². The molecule has 1 heterocycles.